The van der Waals surface area contributed by atoms with Crippen molar-refractivity contribution in [1.82, 2.24) is 35.7 Å². The summed E-state index contributed by atoms with van der Waals surface area (Å²) in [6.07, 6.45) is 2.88. The van der Waals surface area contributed by atoms with Gasteiger partial charge in [-0.1, -0.05) is 85.6 Å². The Morgan fingerprint density at radius 1 is 0.939 bits per heavy atom. The predicted molar refractivity (Wildman–Crippen MR) is 192 cm³/mol. The number of hydrogen-bond acceptors (Lipinski definition) is 8. The lowest BCUT2D eigenvalue weighted by Gasteiger charge is -2.20. The highest BCUT2D eigenvalue weighted by molar-refractivity contribution is 6.32. The summed E-state index contributed by atoms with van der Waals surface area (Å²) >= 11 is 13.0. The van der Waals surface area contributed by atoms with E-state index in [9.17, 15) is 19.2 Å². The van der Waals surface area contributed by atoms with Crippen LogP contribution in [0.3, 0.4) is 0 Å². The van der Waals surface area contributed by atoms with Crippen molar-refractivity contribution in [2.75, 3.05) is 46.9 Å². The molecule has 0 aliphatic rings. The number of H-pyrrole nitrogens is 1. The Hall–Kier alpha value is -4.88. The molecule has 0 atom stereocenters. The molecule has 4 amide bonds. The van der Waals surface area contributed by atoms with Crippen LogP contribution in [0.1, 0.15) is 38.1 Å². The summed E-state index contributed by atoms with van der Waals surface area (Å²) in [4.78, 5) is 62.1. The average molecular weight is 714 g/mol. The molecule has 3 aromatic rings. The fraction of sp³-hybridized carbons (Fsp3) is 0.353. The van der Waals surface area contributed by atoms with Crippen molar-refractivity contribution in [2.45, 2.75) is 33.2 Å². The van der Waals surface area contributed by atoms with Crippen LogP contribution in [-0.4, -0.2) is 97.2 Å². The van der Waals surface area contributed by atoms with E-state index in [-0.39, 0.29) is 43.1 Å². The Kier molecular flexibility index (Phi) is 15.6. The summed E-state index contributed by atoms with van der Waals surface area (Å²) in [5, 5.41) is 8.43. The van der Waals surface area contributed by atoms with Gasteiger partial charge in [-0.25, -0.2) is 14.8 Å². The topological polar surface area (TPSA) is 161 Å². The maximum atomic E-state index is 12.5. The zero-order valence-electron chi connectivity index (χ0n) is 28.0. The molecule has 262 valence electrons. The highest BCUT2D eigenvalue weighted by atomic mass is 35.5. The molecule has 3 rings (SSSR count). The van der Waals surface area contributed by atoms with Crippen LogP contribution in [0.5, 0.6) is 0 Å². The Labute approximate surface area is 296 Å². The Balaban J connectivity index is 1.70. The minimum absolute atomic E-state index is 0.0813. The molecule has 15 heteroatoms. The van der Waals surface area contributed by atoms with Gasteiger partial charge in [-0.2, -0.15) is 0 Å². The number of hydrogen-bond donors (Lipinski definition) is 4. The van der Waals surface area contributed by atoms with Crippen LogP contribution in [0, 0.1) is 0 Å². The summed E-state index contributed by atoms with van der Waals surface area (Å²) in [7, 11) is 2.99. The van der Waals surface area contributed by atoms with Crippen molar-refractivity contribution >= 4 is 59.4 Å². The monoisotopic (exact) mass is 712 g/mol. The summed E-state index contributed by atoms with van der Waals surface area (Å²) in [6, 6.07) is 15.7. The molecule has 0 saturated carbocycles. The lowest BCUT2D eigenvalue weighted by molar-refractivity contribution is -0.132. The quantitative estimate of drug-likeness (QED) is 0.0850. The van der Waals surface area contributed by atoms with E-state index in [1.165, 1.54) is 7.11 Å². The number of aliphatic imine (C=N–C) groups is 1. The third kappa shape index (κ3) is 11.4. The minimum atomic E-state index is -0.673. The smallest absolute Gasteiger partial charge is 0.407 e. The normalized spacial score (nSPS) is 11.5. The minimum Gasteiger partial charge on any atom is -0.453 e. The number of alkyl carbamates (subject to hydrolysis) is 1. The number of rotatable bonds is 18. The lowest BCUT2D eigenvalue weighted by atomic mass is 10.0. The highest BCUT2D eigenvalue weighted by Gasteiger charge is 2.18. The van der Waals surface area contributed by atoms with E-state index in [0.717, 1.165) is 35.1 Å². The Morgan fingerprint density at radius 2 is 1.53 bits per heavy atom. The van der Waals surface area contributed by atoms with E-state index >= 15 is 0 Å². The number of carbonyl (C=O) groups is 4. The standard InChI is InChI=1S/C34H42Cl2N8O5/c1-5-16-43(29(47)20-40-34(48)49-4)18-15-39-32(35)30(37-3)25-11-7-23(8-12-25)24-9-13-26(14-10-24)31-33(36)42-27(41-31)21-44(17-6-2)28(46)19-38-22-45/h7-15,22,37H,5-6,16-21H2,1-4H3,(H,38,45)(H,40,48)(H,41,42)/b32-30-,39-15+. The molecular formula is C34H42Cl2N8O5. The number of aromatic nitrogens is 2. The predicted octanol–water partition coefficient (Wildman–Crippen LogP) is 4.63. The van der Waals surface area contributed by atoms with E-state index in [1.54, 1.807) is 23.1 Å². The SMILES string of the molecule is CCCN(C/C=N/C(Cl)=C(\NC)c1ccc(-c2ccc(-c3[nH]c(CN(CCC)C(=O)CNC=O)nc3Cl)cc2)cc1)C(=O)CNC(=O)OC. The zero-order valence-corrected chi connectivity index (χ0v) is 29.5. The zero-order chi connectivity index (χ0) is 35.8. The number of methoxy groups -OCH3 is 1. The van der Waals surface area contributed by atoms with Crippen LogP contribution >= 0.6 is 23.2 Å². The summed E-state index contributed by atoms with van der Waals surface area (Å²) in [6.45, 7) is 5.13. The van der Waals surface area contributed by atoms with Crippen molar-refractivity contribution in [2.24, 2.45) is 4.99 Å². The molecule has 4 N–H and O–H groups in total. The molecule has 0 bridgehead atoms. The second-order valence-corrected chi connectivity index (χ2v) is 11.4. The third-order valence-electron chi connectivity index (χ3n) is 7.29. The average Bonchev–Trinajstić information content (AvgIpc) is 3.48. The fourth-order valence-corrected chi connectivity index (χ4v) is 5.41. The number of amides is 4. The number of benzene rings is 2. The molecule has 0 spiro atoms. The number of aromatic amines is 1. The van der Waals surface area contributed by atoms with Crippen molar-refractivity contribution in [3.05, 3.63) is 70.2 Å². The van der Waals surface area contributed by atoms with E-state index in [0.29, 0.717) is 41.9 Å². The molecule has 0 radical (unpaired) electrons. The first kappa shape index (κ1) is 38.6. The number of nitrogens with zero attached hydrogens (tertiary/aromatic N) is 4. The van der Waals surface area contributed by atoms with Gasteiger partial charge in [-0.3, -0.25) is 14.4 Å². The van der Waals surface area contributed by atoms with Gasteiger partial charge in [0.15, 0.2) is 10.3 Å². The van der Waals surface area contributed by atoms with Crippen molar-refractivity contribution in [3.8, 4) is 22.4 Å². The van der Waals surface area contributed by atoms with Gasteiger partial charge in [0.1, 0.15) is 12.4 Å². The lowest BCUT2D eigenvalue weighted by Crippen LogP contribution is -2.41. The number of halogens is 2. The maximum Gasteiger partial charge on any atom is 0.407 e. The second kappa shape index (κ2) is 19.8. The fourth-order valence-electron chi connectivity index (χ4n) is 4.88. The van der Waals surface area contributed by atoms with Crippen molar-refractivity contribution in [1.29, 1.82) is 0 Å². The van der Waals surface area contributed by atoms with Crippen molar-refractivity contribution in [3.63, 3.8) is 0 Å². The van der Waals surface area contributed by atoms with Gasteiger partial charge in [-0.15, -0.1) is 0 Å². The molecule has 0 unspecified atom stereocenters. The second-order valence-electron chi connectivity index (χ2n) is 10.7. The van der Waals surface area contributed by atoms with E-state index in [1.807, 2.05) is 62.4 Å². The maximum absolute atomic E-state index is 12.5. The van der Waals surface area contributed by atoms with Gasteiger partial charge in [0.2, 0.25) is 18.2 Å². The molecule has 0 aliphatic carbocycles. The van der Waals surface area contributed by atoms with Crippen LogP contribution < -0.4 is 16.0 Å². The summed E-state index contributed by atoms with van der Waals surface area (Å²) < 4.78 is 4.52. The van der Waals surface area contributed by atoms with Gasteiger partial charge in [-0.05, 0) is 24.0 Å². The van der Waals surface area contributed by atoms with Gasteiger partial charge in [0.25, 0.3) is 0 Å². The highest BCUT2D eigenvalue weighted by Crippen LogP contribution is 2.30. The first-order chi connectivity index (χ1) is 23.6. The van der Waals surface area contributed by atoms with Gasteiger partial charge in [0.05, 0.1) is 38.1 Å². The molecule has 13 nitrogen and oxygen atoms in total. The molecule has 0 saturated heterocycles. The van der Waals surface area contributed by atoms with Gasteiger partial charge in [0, 0.05) is 37.5 Å². The summed E-state index contributed by atoms with van der Waals surface area (Å²) in [5.41, 5.74) is 4.88. The summed E-state index contributed by atoms with van der Waals surface area (Å²) in [5.74, 6) is 0.0750. The van der Waals surface area contributed by atoms with Crippen LogP contribution in [0.25, 0.3) is 28.1 Å². The number of ether oxygens (including phenoxy) is 1. The van der Waals surface area contributed by atoms with E-state index in [4.69, 9.17) is 23.2 Å². The number of carbonyl (C=O) groups excluding carboxylic acids is 4. The molecule has 0 aliphatic heterocycles. The molecule has 1 aromatic heterocycles. The van der Waals surface area contributed by atoms with Crippen molar-refractivity contribution < 1.29 is 23.9 Å². The largest absolute Gasteiger partial charge is 0.453 e. The van der Waals surface area contributed by atoms with Crippen LogP contribution in [-0.2, 0) is 25.7 Å². The molecule has 49 heavy (non-hydrogen) atoms. The van der Waals surface area contributed by atoms with Crippen LogP contribution in [0.15, 0.2) is 58.7 Å². The third-order valence-corrected chi connectivity index (χ3v) is 7.85. The molecule has 0 fully saturated rings. The Morgan fingerprint density at radius 3 is 2.12 bits per heavy atom. The van der Waals surface area contributed by atoms with Gasteiger partial charge >= 0.3 is 6.09 Å². The molecule has 1 heterocycles. The van der Waals surface area contributed by atoms with E-state index < -0.39 is 6.09 Å². The van der Waals surface area contributed by atoms with Gasteiger partial charge < -0.3 is 35.5 Å². The number of imidazole rings is 1. The van der Waals surface area contributed by atoms with Crippen LogP contribution in [0.2, 0.25) is 5.15 Å². The Bertz CT molecular complexity index is 1620. The van der Waals surface area contributed by atoms with Crippen LogP contribution in [0.4, 0.5) is 4.79 Å². The molecule has 2 aromatic carbocycles. The molecular weight excluding hydrogens is 671 g/mol. The van der Waals surface area contributed by atoms with E-state index in [2.05, 4.69) is 35.6 Å². The number of nitrogens with one attached hydrogen (secondary N) is 4. The first-order valence-electron chi connectivity index (χ1n) is 15.8. The first-order valence-corrected chi connectivity index (χ1v) is 16.5.